The van der Waals surface area contributed by atoms with E-state index in [1.54, 1.807) is 4.90 Å². The van der Waals surface area contributed by atoms with Crippen LogP contribution in [-0.2, 0) is 4.79 Å². The third-order valence-electron chi connectivity index (χ3n) is 4.90. The van der Waals surface area contributed by atoms with Crippen LogP contribution in [0, 0.1) is 0 Å². The van der Waals surface area contributed by atoms with Crippen molar-refractivity contribution in [1.82, 2.24) is 0 Å². The number of benzene rings is 2. The number of nitrogens with one attached hydrogen (secondary N) is 2. The number of hydrogen-bond acceptors (Lipinski definition) is 2. The zero-order valence-electron chi connectivity index (χ0n) is 13.9. The summed E-state index contributed by atoms with van der Waals surface area (Å²) in [7, 11) is 2.24. The number of amides is 1. The molecule has 4 rings (SSSR count). The number of carbonyl (C=O) groups excluding carboxylic acids is 1. The van der Waals surface area contributed by atoms with Crippen molar-refractivity contribution in [3.8, 4) is 0 Å². The molecule has 0 saturated carbocycles. The third kappa shape index (κ3) is 2.69. The number of nitrogens with zero attached hydrogens (tertiary/aromatic N) is 1. The molecule has 4 heteroatoms. The van der Waals surface area contributed by atoms with Crippen molar-refractivity contribution in [2.24, 2.45) is 0 Å². The lowest BCUT2D eigenvalue weighted by Gasteiger charge is -2.32. The smallest absolute Gasteiger partial charge is 0.256 e. The van der Waals surface area contributed by atoms with Gasteiger partial charge in [-0.15, -0.1) is 0 Å². The first-order valence-electron chi connectivity index (χ1n) is 8.50. The fourth-order valence-corrected chi connectivity index (χ4v) is 3.46. The Labute approximate surface area is 142 Å². The van der Waals surface area contributed by atoms with Crippen LogP contribution in [-0.4, -0.2) is 39.1 Å². The van der Waals surface area contributed by atoms with E-state index in [9.17, 15) is 4.79 Å². The van der Waals surface area contributed by atoms with E-state index in [1.165, 1.54) is 5.69 Å². The van der Waals surface area contributed by atoms with Crippen molar-refractivity contribution >= 4 is 28.9 Å². The van der Waals surface area contributed by atoms with Gasteiger partial charge in [0, 0.05) is 22.5 Å². The maximum atomic E-state index is 12.4. The Morgan fingerprint density at radius 2 is 1.75 bits per heavy atom. The summed E-state index contributed by atoms with van der Waals surface area (Å²) in [5.74, 6) is -0.0196. The maximum Gasteiger partial charge on any atom is 0.256 e. The van der Waals surface area contributed by atoms with E-state index in [0.29, 0.717) is 0 Å². The van der Waals surface area contributed by atoms with Crippen LogP contribution in [0.15, 0.2) is 48.5 Å². The molecule has 1 amide bonds. The van der Waals surface area contributed by atoms with E-state index in [-0.39, 0.29) is 5.91 Å². The second-order valence-electron chi connectivity index (χ2n) is 6.56. The molecule has 1 saturated heterocycles. The number of quaternary nitrogens is 1. The van der Waals surface area contributed by atoms with Crippen molar-refractivity contribution in [2.45, 2.75) is 0 Å². The molecule has 2 aliphatic heterocycles. The van der Waals surface area contributed by atoms with Crippen molar-refractivity contribution in [3.05, 3.63) is 59.7 Å². The molecule has 0 bridgehead atoms. The molecule has 2 aromatic carbocycles. The molecule has 0 radical (unpaired) electrons. The first-order valence-corrected chi connectivity index (χ1v) is 8.50. The van der Waals surface area contributed by atoms with Crippen LogP contribution in [0.5, 0.6) is 0 Å². The van der Waals surface area contributed by atoms with E-state index in [4.69, 9.17) is 0 Å². The zero-order chi connectivity index (χ0) is 16.5. The number of likely N-dealkylation sites (N-methyl/N-ethyl adjacent to an activating group) is 1. The van der Waals surface area contributed by atoms with Gasteiger partial charge in [0.2, 0.25) is 0 Å². The molecule has 122 valence electrons. The highest BCUT2D eigenvalue weighted by molar-refractivity contribution is 6.35. The Morgan fingerprint density at radius 1 is 1.04 bits per heavy atom. The van der Waals surface area contributed by atoms with Gasteiger partial charge in [0.1, 0.15) is 0 Å². The fraction of sp³-hybridized carbons (Fsp3) is 0.250. The average Bonchev–Trinajstić information content (AvgIpc) is 2.92. The SMILES string of the molecule is C[NH+]1CCN(c2ccccc2/C=C2\C(=O)Nc3ccccc32)CC1. The molecule has 1 fully saturated rings. The normalized spacial score (nSPS) is 19.5. The first-order chi connectivity index (χ1) is 11.7. The van der Waals surface area contributed by atoms with Crippen LogP contribution in [0.4, 0.5) is 11.4 Å². The highest BCUT2D eigenvalue weighted by atomic mass is 16.2. The number of fused-ring (bicyclic) bond motifs is 1. The minimum Gasteiger partial charge on any atom is -0.360 e. The van der Waals surface area contributed by atoms with Gasteiger partial charge in [0.15, 0.2) is 0 Å². The molecule has 0 aliphatic carbocycles. The third-order valence-corrected chi connectivity index (χ3v) is 4.90. The number of piperazine rings is 1. The first kappa shape index (κ1) is 15.0. The predicted molar refractivity (Wildman–Crippen MR) is 98.2 cm³/mol. The van der Waals surface area contributed by atoms with Gasteiger partial charge in [0.25, 0.3) is 5.91 Å². The highest BCUT2D eigenvalue weighted by Gasteiger charge is 2.24. The topological polar surface area (TPSA) is 36.8 Å². The van der Waals surface area contributed by atoms with Crippen LogP contribution in [0.25, 0.3) is 11.6 Å². The van der Waals surface area contributed by atoms with Gasteiger partial charge in [-0.3, -0.25) is 4.79 Å². The van der Waals surface area contributed by atoms with Gasteiger partial charge >= 0.3 is 0 Å². The monoisotopic (exact) mass is 320 g/mol. The predicted octanol–water partition coefficient (Wildman–Crippen LogP) is 1.51. The molecule has 2 aromatic rings. The van der Waals surface area contributed by atoms with Crippen molar-refractivity contribution < 1.29 is 9.69 Å². The van der Waals surface area contributed by atoms with E-state index >= 15 is 0 Å². The lowest BCUT2D eigenvalue weighted by atomic mass is 10.0. The summed E-state index contributed by atoms with van der Waals surface area (Å²) in [4.78, 5) is 16.4. The van der Waals surface area contributed by atoms with Gasteiger partial charge in [-0.1, -0.05) is 36.4 Å². The Hall–Kier alpha value is -2.59. The van der Waals surface area contributed by atoms with Gasteiger partial charge in [-0.2, -0.15) is 0 Å². The molecule has 2 aliphatic rings. The van der Waals surface area contributed by atoms with E-state index in [2.05, 4.69) is 35.5 Å². The van der Waals surface area contributed by atoms with Crippen LogP contribution in [0.3, 0.4) is 0 Å². The Balaban J connectivity index is 1.72. The Kier molecular flexibility index (Phi) is 3.82. The summed E-state index contributed by atoms with van der Waals surface area (Å²) in [6, 6.07) is 16.2. The summed E-state index contributed by atoms with van der Waals surface area (Å²) in [6.45, 7) is 4.39. The summed E-state index contributed by atoms with van der Waals surface area (Å²) >= 11 is 0. The van der Waals surface area contributed by atoms with Crippen LogP contribution >= 0.6 is 0 Å². The molecule has 0 aromatic heterocycles. The summed E-state index contributed by atoms with van der Waals surface area (Å²) in [6.07, 6.45) is 2.03. The quantitative estimate of drug-likeness (QED) is 0.823. The Morgan fingerprint density at radius 3 is 2.58 bits per heavy atom. The molecule has 0 atom stereocenters. The van der Waals surface area contributed by atoms with Crippen LogP contribution in [0.2, 0.25) is 0 Å². The summed E-state index contributed by atoms with van der Waals surface area (Å²) < 4.78 is 0. The maximum absolute atomic E-state index is 12.4. The molecule has 4 nitrogen and oxygen atoms in total. The molecule has 0 spiro atoms. The van der Waals surface area contributed by atoms with Crippen LogP contribution in [0.1, 0.15) is 11.1 Å². The highest BCUT2D eigenvalue weighted by Crippen LogP contribution is 2.34. The number of carbonyl (C=O) groups is 1. The molecule has 24 heavy (non-hydrogen) atoms. The number of para-hydroxylation sites is 2. The van der Waals surface area contributed by atoms with Crippen molar-refractivity contribution in [1.29, 1.82) is 0 Å². The zero-order valence-corrected chi connectivity index (χ0v) is 13.9. The van der Waals surface area contributed by atoms with Crippen molar-refractivity contribution in [3.63, 3.8) is 0 Å². The van der Waals surface area contributed by atoms with Gasteiger partial charge in [-0.05, 0) is 23.8 Å². The number of anilines is 2. The minimum atomic E-state index is -0.0196. The van der Waals surface area contributed by atoms with E-state index in [1.807, 2.05) is 36.4 Å². The Bertz CT molecular complexity index is 804. The summed E-state index contributed by atoms with van der Waals surface area (Å²) in [5, 5.41) is 2.95. The van der Waals surface area contributed by atoms with Gasteiger partial charge in [-0.25, -0.2) is 0 Å². The van der Waals surface area contributed by atoms with E-state index < -0.39 is 0 Å². The number of rotatable bonds is 2. The molecular weight excluding hydrogens is 298 g/mol. The largest absolute Gasteiger partial charge is 0.360 e. The standard InChI is InChI=1S/C20H21N3O/c1-22-10-12-23(13-11-22)19-9-5-2-6-15(19)14-17-16-7-3-4-8-18(16)21-20(17)24/h2-9,14H,10-13H2,1H3,(H,21,24)/p+1/b17-14-. The second-order valence-corrected chi connectivity index (χ2v) is 6.56. The average molecular weight is 320 g/mol. The van der Waals surface area contributed by atoms with Gasteiger partial charge < -0.3 is 15.1 Å². The lowest BCUT2D eigenvalue weighted by Crippen LogP contribution is -3.12. The van der Waals surface area contributed by atoms with Crippen LogP contribution < -0.4 is 15.1 Å². The number of hydrogen-bond donors (Lipinski definition) is 2. The molecular formula is C20H22N3O+. The lowest BCUT2D eigenvalue weighted by molar-refractivity contribution is -0.880. The van der Waals surface area contributed by atoms with E-state index in [0.717, 1.165) is 48.6 Å². The second kappa shape index (κ2) is 6.13. The van der Waals surface area contributed by atoms with Gasteiger partial charge in [0.05, 0.1) is 33.2 Å². The van der Waals surface area contributed by atoms with Crippen molar-refractivity contribution in [2.75, 3.05) is 43.4 Å². The fourth-order valence-electron chi connectivity index (χ4n) is 3.46. The minimum absolute atomic E-state index is 0.0196. The molecule has 2 N–H and O–H groups in total. The molecule has 2 heterocycles. The summed E-state index contributed by atoms with van der Waals surface area (Å²) in [5.41, 5.74) is 4.96. The molecule has 0 unspecified atom stereocenters.